The first-order valence-electron chi connectivity index (χ1n) is 2.96. The number of esters is 1. The maximum Gasteiger partial charge on any atom is 0.331 e. The topological polar surface area (TPSA) is 38.7 Å². The molecular formula is C6H9NO2S. The molecule has 0 spiro atoms. The second-order valence-corrected chi connectivity index (χ2v) is 1.83. The van der Waals surface area contributed by atoms with E-state index in [1.54, 1.807) is 13.8 Å². The Morgan fingerprint density at radius 2 is 2.50 bits per heavy atom. The van der Waals surface area contributed by atoms with Crippen LogP contribution >= 0.6 is 12.2 Å². The number of hydrogen-bond acceptors (Lipinski definition) is 4. The predicted octanol–water partition coefficient (Wildman–Crippen LogP) is 1.04. The van der Waals surface area contributed by atoms with E-state index < -0.39 is 6.04 Å². The Bertz CT molecular complexity index is 163. The number of carbonyl (C=O) groups is 1. The van der Waals surface area contributed by atoms with Crippen molar-refractivity contribution >= 4 is 23.3 Å². The van der Waals surface area contributed by atoms with Gasteiger partial charge in [-0.3, -0.25) is 0 Å². The van der Waals surface area contributed by atoms with Crippen molar-refractivity contribution in [2.75, 3.05) is 6.61 Å². The van der Waals surface area contributed by atoms with Crippen LogP contribution in [0.1, 0.15) is 13.8 Å². The van der Waals surface area contributed by atoms with Gasteiger partial charge in [0.1, 0.15) is 0 Å². The first-order valence-corrected chi connectivity index (χ1v) is 3.36. The largest absolute Gasteiger partial charge is 0.464 e. The molecule has 0 fully saturated rings. The van der Waals surface area contributed by atoms with Crippen molar-refractivity contribution in [2.45, 2.75) is 19.9 Å². The molecule has 1 atom stereocenters. The van der Waals surface area contributed by atoms with Crippen LogP contribution in [-0.4, -0.2) is 23.8 Å². The van der Waals surface area contributed by atoms with Gasteiger partial charge in [0.2, 0.25) is 0 Å². The summed E-state index contributed by atoms with van der Waals surface area (Å²) in [5, 5.41) is 2.11. The monoisotopic (exact) mass is 159 g/mol. The highest BCUT2D eigenvalue weighted by Gasteiger charge is 2.10. The maximum absolute atomic E-state index is 10.7. The predicted molar refractivity (Wildman–Crippen MR) is 41.1 cm³/mol. The summed E-state index contributed by atoms with van der Waals surface area (Å²) >= 11 is 4.31. The molecule has 0 aliphatic rings. The van der Waals surface area contributed by atoms with Gasteiger partial charge in [0.05, 0.1) is 11.8 Å². The zero-order valence-electron chi connectivity index (χ0n) is 5.96. The molecule has 0 N–H and O–H groups in total. The lowest BCUT2D eigenvalue weighted by atomic mass is 10.4. The average molecular weight is 159 g/mol. The number of ether oxygens (including phenoxy) is 1. The summed E-state index contributed by atoms with van der Waals surface area (Å²) < 4.78 is 4.64. The molecule has 0 saturated heterocycles. The van der Waals surface area contributed by atoms with Crippen LogP contribution in [0.4, 0.5) is 0 Å². The number of aliphatic imine (C=N–C) groups is 1. The van der Waals surface area contributed by atoms with Gasteiger partial charge in [-0.05, 0) is 26.1 Å². The molecule has 3 nitrogen and oxygen atoms in total. The van der Waals surface area contributed by atoms with Crippen molar-refractivity contribution in [3.63, 3.8) is 0 Å². The van der Waals surface area contributed by atoms with E-state index in [0.29, 0.717) is 6.61 Å². The molecule has 0 aliphatic heterocycles. The van der Waals surface area contributed by atoms with Crippen LogP contribution in [0.3, 0.4) is 0 Å². The minimum atomic E-state index is -0.516. The lowest BCUT2D eigenvalue weighted by Gasteiger charge is -2.02. The fraction of sp³-hybridized carbons (Fsp3) is 0.667. The molecule has 10 heavy (non-hydrogen) atoms. The zero-order chi connectivity index (χ0) is 7.98. The third kappa shape index (κ3) is 3.33. The summed E-state index contributed by atoms with van der Waals surface area (Å²) in [7, 11) is 0. The summed E-state index contributed by atoms with van der Waals surface area (Å²) in [6, 6.07) is -0.516. The Morgan fingerprint density at radius 1 is 1.90 bits per heavy atom. The minimum Gasteiger partial charge on any atom is -0.464 e. The van der Waals surface area contributed by atoms with Crippen LogP contribution in [0.15, 0.2) is 4.99 Å². The van der Waals surface area contributed by atoms with Gasteiger partial charge in [0.15, 0.2) is 6.04 Å². The summed E-state index contributed by atoms with van der Waals surface area (Å²) in [4.78, 5) is 14.3. The van der Waals surface area contributed by atoms with E-state index in [-0.39, 0.29) is 5.97 Å². The van der Waals surface area contributed by atoms with Gasteiger partial charge in [0.25, 0.3) is 0 Å². The molecule has 0 aromatic carbocycles. The molecule has 1 unspecified atom stereocenters. The van der Waals surface area contributed by atoms with Crippen molar-refractivity contribution in [1.29, 1.82) is 0 Å². The van der Waals surface area contributed by atoms with Gasteiger partial charge in [-0.2, -0.15) is 0 Å². The molecule has 0 aliphatic carbocycles. The van der Waals surface area contributed by atoms with Gasteiger partial charge in [0, 0.05) is 0 Å². The second-order valence-electron chi connectivity index (χ2n) is 1.65. The number of nitrogens with zero attached hydrogens (tertiary/aromatic N) is 1. The van der Waals surface area contributed by atoms with Crippen molar-refractivity contribution < 1.29 is 9.53 Å². The van der Waals surface area contributed by atoms with Gasteiger partial charge in [-0.15, -0.1) is 0 Å². The van der Waals surface area contributed by atoms with Crippen LogP contribution in [0.2, 0.25) is 0 Å². The average Bonchev–Trinajstić information content (AvgIpc) is 1.89. The zero-order valence-corrected chi connectivity index (χ0v) is 6.77. The molecule has 0 bridgehead atoms. The Morgan fingerprint density at radius 3 is 2.90 bits per heavy atom. The van der Waals surface area contributed by atoms with Crippen LogP contribution in [0, 0.1) is 0 Å². The normalized spacial score (nSPS) is 11.4. The third-order valence-electron chi connectivity index (χ3n) is 0.874. The van der Waals surface area contributed by atoms with E-state index in [2.05, 4.69) is 27.1 Å². The summed E-state index contributed by atoms with van der Waals surface area (Å²) in [5.41, 5.74) is 0. The summed E-state index contributed by atoms with van der Waals surface area (Å²) in [6.45, 7) is 3.72. The SMILES string of the molecule is CCOC(=O)C(C)N=C=S. The molecule has 0 rings (SSSR count). The molecule has 4 heteroatoms. The highest BCUT2D eigenvalue weighted by atomic mass is 32.1. The highest BCUT2D eigenvalue weighted by Crippen LogP contribution is 1.91. The number of isothiocyanates is 1. The standard InChI is InChI=1S/C6H9NO2S/c1-3-9-6(8)5(2)7-4-10/h5H,3H2,1-2H3. The van der Waals surface area contributed by atoms with Crippen LogP contribution in [0.25, 0.3) is 0 Å². The first-order chi connectivity index (χ1) is 4.72. The van der Waals surface area contributed by atoms with Crippen molar-refractivity contribution in [3.05, 3.63) is 0 Å². The molecule has 0 amide bonds. The quantitative estimate of drug-likeness (QED) is 0.351. The van der Waals surface area contributed by atoms with Crippen molar-refractivity contribution in [2.24, 2.45) is 4.99 Å². The van der Waals surface area contributed by atoms with E-state index in [1.165, 1.54) is 0 Å². The molecule has 0 aromatic rings. The summed E-state index contributed by atoms with van der Waals surface area (Å²) in [6.07, 6.45) is 0. The molecular weight excluding hydrogens is 150 g/mol. The van der Waals surface area contributed by atoms with E-state index in [0.717, 1.165) is 0 Å². The lowest BCUT2D eigenvalue weighted by Crippen LogP contribution is -2.17. The molecule has 0 saturated carbocycles. The number of rotatable bonds is 3. The van der Waals surface area contributed by atoms with Crippen molar-refractivity contribution in [3.8, 4) is 0 Å². The van der Waals surface area contributed by atoms with Crippen LogP contribution in [0.5, 0.6) is 0 Å². The van der Waals surface area contributed by atoms with E-state index in [9.17, 15) is 4.79 Å². The van der Waals surface area contributed by atoms with Crippen LogP contribution in [-0.2, 0) is 9.53 Å². The fourth-order valence-corrected chi connectivity index (χ4v) is 0.553. The highest BCUT2D eigenvalue weighted by molar-refractivity contribution is 7.78. The van der Waals surface area contributed by atoms with Crippen molar-refractivity contribution in [1.82, 2.24) is 0 Å². The fourth-order valence-electron chi connectivity index (χ4n) is 0.395. The molecule has 0 heterocycles. The van der Waals surface area contributed by atoms with E-state index in [4.69, 9.17) is 0 Å². The van der Waals surface area contributed by atoms with Gasteiger partial charge in [-0.1, -0.05) is 0 Å². The maximum atomic E-state index is 10.7. The van der Waals surface area contributed by atoms with E-state index in [1.807, 2.05) is 0 Å². The third-order valence-corrected chi connectivity index (χ3v) is 0.979. The number of carbonyl (C=O) groups excluding carboxylic acids is 1. The second kappa shape index (κ2) is 5.09. The molecule has 56 valence electrons. The van der Waals surface area contributed by atoms with Gasteiger partial charge in [-0.25, -0.2) is 9.79 Å². The Balaban J connectivity index is 3.81. The lowest BCUT2D eigenvalue weighted by molar-refractivity contribution is -0.144. The first kappa shape index (κ1) is 9.27. The van der Waals surface area contributed by atoms with E-state index >= 15 is 0 Å². The number of hydrogen-bond donors (Lipinski definition) is 0. The Kier molecular flexibility index (Phi) is 4.72. The number of thiocarbonyl (C=S) groups is 1. The van der Waals surface area contributed by atoms with Crippen LogP contribution < -0.4 is 0 Å². The molecule has 0 aromatic heterocycles. The van der Waals surface area contributed by atoms with Gasteiger partial charge >= 0.3 is 5.97 Å². The summed E-state index contributed by atoms with van der Waals surface area (Å²) in [5.74, 6) is -0.361. The Hall–Kier alpha value is -0.730. The minimum absolute atomic E-state index is 0.361. The van der Waals surface area contributed by atoms with Gasteiger partial charge < -0.3 is 4.74 Å². The smallest absolute Gasteiger partial charge is 0.331 e. The Labute approximate surface area is 65.1 Å². The molecule has 0 radical (unpaired) electrons.